The summed E-state index contributed by atoms with van der Waals surface area (Å²) in [6.07, 6.45) is 6.89. The van der Waals surface area contributed by atoms with Gasteiger partial charge in [-0.2, -0.15) is 5.10 Å². The van der Waals surface area contributed by atoms with Crippen LogP contribution < -0.4 is 5.32 Å². The van der Waals surface area contributed by atoms with Crippen LogP contribution in [0.2, 0.25) is 0 Å². The molecule has 1 aromatic heterocycles. The van der Waals surface area contributed by atoms with Crippen molar-refractivity contribution in [2.75, 3.05) is 6.54 Å². The Labute approximate surface area is 91.1 Å². The van der Waals surface area contributed by atoms with Crippen LogP contribution in [0.1, 0.15) is 32.0 Å². The van der Waals surface area contributed by atoms with Crippen molar-refractivity contribution in [3.63, 3.8) is 0 Å². The third kappa shape index (κ3) is 3.63. The Balaban J connectivity index is 1.61. The van der Waals surface area contributed by atoms with E-state index < -0.39 is 0 Å². The van der Waals surface area contributed by atoms with Crippen molar-refractivity contribution >= 4 is 0 Å². The maximum Gasteiger partial charge on any atom is 0.151 e. The van der Waals surface area contributed by atoms with Gasteiger partial charge >= 0.3 is 0 Å². The highest BCUT2D eigenvalue weighted by Crippen LogP contribution is 2.33. The molecular weight excluding hydrogens is 188 g/mol. The van der Waals surface area contributed by atoms with E-state index in [4.69, 9.17) is 0 Å². The van der Waals surface area contributed by atoms with E-state index in [0.29, 0.717) is 6.04 Å². The molecule has 0 spiro atoms. The molecule has 1 unspecified atom stereocenters. The SMILES string of the molecule is CC(CC1CC1)NCCc1ncn(C)n1. The molecule has 2 rings (SSSR count). The fraction of sp³-hybridized carbons (Fsp3) is 0.818. The number of rotatable bonds is 6. The van der Waals surface area contributed by atoms with Crippen molar-refractivity contribution in [3.05, 3.63) is 12.2 Å². The van der Waals surface area contributed by atoms with Crippen molar-refractivity contribution < 1.29 is 0 Å². The molecule has 0 saturated heterocycles. The van der Waals surface area contributed by atoms with Gasteiger partial charge in [0.15, 0.2) is 5.82 Å². The number of nitrogens with zero attached hydrogens (tertiary/aromatic N) is 3. The minimum absolute atomic E-state index is 0.640. The van der Waals surface area contributed by atoms with Gasteiger partial charge in [-0.3, -0.25) is 4.68 Å². The van der Waals surface area contributed by atoms with Gasteiger partial charge in [-0.15, -0.1) is 0 Å². The molecule has 0 amide bonds. The van der Waals surface area contributed by atoms with Gasteiger partial charge in [0.05, 0.1) is 0 Å². The van der Waals surface area contributed by atoms with Gasteiger partial charge in [-0.05, 0) is 19.3 Å². The number of aryl methyl sites for hydroxylation is 1. The van der Waals surface area contributed by atoms with E-state index in [2.05, 4.69) is 22.3 Å². The Hall–Kier alpha value is -0.900. The summed E-state index contributed by atoms with van der Waals surface area (Å²) in [4.78, 5) is 4.20. The minimum atomic E-state index is 0.640. The van der Waals surface area contributed by atoms with Crippen LogP contribution in [0, 0.1) is 5.92 Å². The topological polar surface area (TPSA) is 42.7 Å². The third-order valence-corrected chi connectivity index (χ3v) is 2.87. The minimum Gasteiger partial charge on any atom is -0.314 e. The number of aromatic nitrogens is 3. The van der Waals surface area contributed by atoms with Gasteiger partial charge in [0, 0.05) is 26.1 Å². The monoisotopic (exact) mass is 208 g/mol. The van der Waals surface area contributed by atoms with Gasteiger partial charge < -0.3 is 5.32 Å². The first-order chi connectivity index (χ1) is 7.24. The molecule has 0 bridgehead atoms. The predicted molar refractivity (Wildman–Crippen MR) is 59.5 cm³/mol. The molecule has 4 nitrogen and oxygen atoms in total. The predicted octanol–water partition coefficient (Wildman–Crippen LogP) is 1.14. The van der Waals surface area contributed by atoms with E-state index in [1.165, 1.54) is 19.3 Å². The van der Waals surface area contributed by atoms with E-state index in [1.807, 2.05) is 7.05 Å². The van der Waals surface area contributed by atoms with Gasteiger partial charge in [-0.25, -0.2) is 4.98 Å². The van der Waals surface area contributed by atoms with Crippen molar-refractivity contribution in [2.24, 2.45) is 13.0 Å². The highest BCUT2D eigenvalue weighted by Gasteiger charge is 2.23. The summed E-state index contributed by atoms with van der Waals surface area (Å²) in [6.45, 7) is 3.25. The van der Waals surface area contributed by atoms with E-state index in [9.17, 15) is 0 Å². The maximum atomic E-state index is 4.25. The zero-order chi connectivity index (χ0) is 10.7. The Morgan fingerprint density at radius 2 is 2.40 bits per heavy atom. The Bertz CT molecular complexity index is 303. The molecule has 1 saturated carbocycles. The lowest BCUT2D eigenvalue weighted by Crippen LogP contribution is -2.28. The fourth-order valence-electron chi connectivity index (χ4n) is 1.87. The Kier molecular flexibility index (Phi) is 3.36. The van der Waals surface area contributed by atoms with Crippen molar-refractivity contribution in [3.8, 4) is 0 Å². The molecule has 84 valence electrons. The maximum absolute atomic E-state index is 4.25. The van der Waals surface area contributed by atoms with Crippen LogP contribution in [0.3, 0.4) is 0 Å². The molecule has 0 aromatic carbocycles. The highest BCUT2D eigenvalue weighted by molar-refractivity contribution is 4.83. The molecule has 1 heterocycles. The lowest BCUT2D eigenvalue weighted by atomic mass is 10.1. The van der Waals surface area contributed by atoms with Gasteiger partial charge in [0.1, 0.15) is 6.33 Å². The van der Waals surface area contributed by atoms with E-state index in [0.717, 1.165) is 24.7 Å². The molecule has 1 aliphatic carbocycles. The van der Waals surface area contributed by atoms with Crippen LogP contribution in [0.15, 0.2) is 6.33 Å². The zero-order valence-corrected chi connectivity index (χ0v) is 9.61. The molecule has 1 aromatic rings. The first kappa shape index (κ1) is 10.6. The summed E-state index contributed by atoms with van der Waals surface area (Å²) in [6, 6.07) is 0.640. The first-order valence-electron chi connectivity index (χ1n) is 5.82. The lowest BCUT2D eigenvalue weighted by molar-refractivity contribution is 0.488. The number of nitrogens with one attached hydrogen (secondary N) is 1. The highest BCUT2D eigenvalue weighted by atomic mass is 15.3. The van der Waals surface area contributed by atoms with E-state index in [-0.39, 0.29) is 0 Å². The third-order valence-electron chi connectivity index (χ3n) is 2.87. The molecule has 4 heteroatoms. The second-order valence-electron chi connectivity index (χ2n) is 4.62. The van der Waals surface area contributed by atoms with Crippen LogP contribution in [0.4, 0.5) is 0 Å². The van der Waals surface area contributed by atoms with Crippen molar-refractivity contribution in [2.45, 2.75) is 38.6 Å². The largest absolute Gasteiger partial charge is 0.314 e. The molecule has 1 fully saturated rings. The number of hydrogen-bond acceptors (Lipinski definition) is 3. The Morgan fingerprint density at radius 3 is 3.00 bits per heavy atom. The van der Waals surface area contributed by atoms with Gasteiger partial charge in [0.2, 0.25) is 0 Å². The summed E-state index contributed by atoms with van der Waals surface area (Å²) < 4.78 is 1.75. The van der Waals surface area contributed by atoms with Crippen LogP contribution >= 0.6 is 0 Å². The summed E-state index contributed by atoms with van der Waals surface area (Å²) >= 11 is 0. The van der Waals surface area contributed by atoms with Crippen LogP contribution in [0.5, 0.6) is 0 Å². The lowest BCUT2D eigenvalue weighted by Gasteiger charge is -2.11. The Morgan fingerprint density at radius 1 is 1.60 bits per heavy atom. The standard InChI is InChI=1S/C11H20N4/c1-9(7-10-3-4-10)12-6-5-11-13-8-15(2)14-11/h8-10,12H,3-7H2,1-2H3. The summed E-state index contributed by atoms with van der Waals surface area (Å²) in [5, 5.41) is 7.77. The molecule has 1 atom stereocenters. The van der Waals surface area contributed by atoms with Crippen molar-refractivity contribution in [1.29, 1.82) is 0 Å². The average molecular weight is 208 g/mol. The normalized spacial score (nSPS) is 18.0. The van der Waals surface area contributed by atoms with Crippen LogP contribution in [-0.4, -0.2) is 27.4 Å². The van der Waals surface area contributed by atoms with E-state index >= 15 is 0 Å². The van der Waals surface area contributed by atoms with Crippen molar-refractivity contribution in [1.82, 2.24) is 20.1 Å². The first-order valence-corrected chi connectivity index (χ1v) is 5.82. The molecule has 1 aliphatic rings. The fourth-order valence-corrected chi connectivity index (χ4v) is 1.87. The number of hydrogen-bond donors (Lipinski definition) is 1. The summed E-state index contributed by atoms with van der Waals surface area (Å²) in [7, 11) is 1.90. The smallest absolute Gasteiger partial charge is 0.151 e. The van der Waals surface area contributed by atoms with E-state index in [1.54, 1.807) is 11.0 Å². The average Bonchev–Trinajstić information content (AvgIpc) is 2.89. The van der Waals surface area contributed by atoms with Crippen LogP contribution in [0.25, 0.3) is 0 Å². The summed E-state index contributed by atoms with van der Waals surface area (Å²) in [5.74, 6) is 1.93. The molecule has 0 aliphatic heterocycles. The second kappa shape index (κ2) is 4.75. The second-order valence-corrected chi connectivity index (χ2v) is 4.62. The zero-order valence-electron chi connectivity index (χ0n) is 9.61. The van der Waals surface area contributed by atoms with Crippen LogP contribution in [-0.2, 0) is 13.5 Å². The summed E-state index contributed by atoms with van der Waals surface area (Å²) in [5.41, 5.74) is 0. The van der Waals surface area contributed by atoms with Gasteiger partial charge in [-0.1, -0.05) is 12.8 Å². The molecule has 0 radical (unpaired) electrons. The molecule has 1 N–H and O–H groups in total. The molecular formula is C11H20N4. The quantitative estimate of drug-likeness (QED) is 0.762. The van der Waals surface area contributed by atoms with Gasteiger partial charge in [0.25, 0.3) is 0 Å². The molecule has 15 heavy (non-hydrogen) atoms.